The molecule has 1 aromatic carbocycles. The Balaban J connectivity index is 2.60. The highest BCUT2D eigenvalue weighted by Gasteiger charge is 2.37. The number of carbonyl (C=O) groups excluding carboxylic acids is 1. The number of non-ortho nitro benzene ring substituents is 1. The molecular formula is C16H15N3O3S. The zero-order chi connectivity index (χ0) is 17.1. The van der Waals surface area contributed by atoms with Crippen molar-refractivity contribution in [1.82, 2.24) is 0 Å². The summed E-state index contributed by atoms with van der Waals surface area (Å²) >= 11 is 1.35. The van der Waals surface area contributed by atoms with E-state index in [2.05, 4.69) is 11.1 Å². The second kappa shape index (κ2) is 6.75. The van der Waals surface area contributed by atoms with Crippen molar-refractivity contribution in [1.29, 1.82) is 5.26 Å². The Morgan fingerprint density at radius 3 is 2.43 bits per heavy atom. The van der Waals surface area contributed by atoms with Crippen LogP contribution in [0, 0.1) is 27.4 Å². The van der Waals surface area contributed by atoms with Crippen LogP contribution in [0.3, 0.4) is 0 Å². The first-order valence-electron chi connectivity index (χ1n) is 6.89. The number of aliphatic imine (C=N–C) groups is 1. The van der Waals surface area contributed by atoms with Crippen LogP contribution in [0.5, 0.6) is 0 Å². The highest BCUT2D eigenvalue weighted by Crippen LogP contribution is 2.41. The molecular weight excluding hydrogens is 314 g/mol. The number of allylic oxidation sites excluding steroid dienone is 1. The number of nitro benzene ring substituents is 1. The molecule has 0 bridgehead atoms. The maximum Gasteiger partial charge on any atom is 0.269 e. The minimum Gasteiger partial charge on any atom is -0.299 e. The van der Waals surface area contributed by atoms with Gasteiger partial charge in [-0.2, -0.15) is 5.26 Å². The van der Waals surface area contributed by atoms with Gasteiger partial charge in [-0.3, -0.25) is 14.9 Å². The van der Waals surface area contributed by atoms with E-state index in [1.807, 2.05) is 6.26 Å². The van der Waals surface area contributed by atoms with E-state index in [4.69, 9.17) is 0 Å². The maximum atomic E-state index is 12.1. The zero-order valence-electron chi connectivity index (χ0n) is 12.9. The summed E-state index contributed by atoms with van der Waals surface area (Å²) in [6, 6.07) is 8.15. The third-order valence-corrected chi connectivity index (χ3v) is 4.52. The zero-order valence-corrected chi connectivity index (χ0v) is 13.8. The van der Waals surface area contributed by atoms with Gasteiger partial charge in [-0.1, -0.05) is 12.1 Å². The molecule has 0 saturated heterocycles. The molecule has 0 N–H and O–H groups in total. The first kappa shape index (κ1) is 16.9. The van der Waals surface area contributed by atoms with Gasteiger partial charge < -0.3 is 0 Å². The van der Waals surface area contributed by atoms with Crippen LogP contribution in [0.4, 0.5) is 5.69 Å². The highest BCUT2D eigenvalue weighted by molar-refractivity contribution is 8.02. The van der Waals surface area contributed by atoms with Gasteiger partial charge in [0.1, 0.15) is 10.8 Å². The average molecular weight is 329 g/mol. The lowest BCUT2D eigenvalue weighted by Gasteiger charge is -2.29. The third-order valence-electron chi connectivity index (χ3n) is 3.82. The average Bonchev–Trinajstić information content (AvgIpc) is 2.53. The van der Waals surface area contributed by atoms with E-state index in [0.29, 0.717) is 21.9 Å². The number of nitro groups is 1. The minimum atomic E-state index is -0.526. The van der Waals surface area contributed by atoms with E-state index in [0.717, 1.165) is 0 Å². The summed E-state index contributed by atoms with van der Waals surface area (Å²) in [5.74, 6) is -1.07. The van der Waals surface area contributed by atoms with Crippen LogP contribution in [0.2, 0.25) is 0 Å². The van der Waals surface area contributed by atoms with E-state index in [-0.39, 0.29) is 11.5 Å². The molecule has 1 heterocycles. The number of nitrogens with zero attached hydrogens (tertiary/aromatic N) is 3. The summed E-state index contributed by atoms with van der Waals surface area (Å²) < 4.78 is 0. The number of carbonyl (C=O) groups is 1. The van der Waals surface area contributed by atoms with Crippen LogP contribution in [0.1, 0.15) is 25.3 Å². The summed E-state index contributed by atoms with van der Waals surface area (Å²) in [7, 11) is 0. The van der Waals surface area contributed by atoms with Gasteiger partial charge >= 0.3 is 0 Å². The second-order valence-corrected chi connectivity index (χ2v) is 6.00. The van der Waals surface area contributed by atoms with Gasteiger partial charge in [0.05, 0.1) is 22.5 Å². The smallest absolute Gasteiger partial charge is 0.269 e. The molecule has 2 rings (SSSR count). The lowest BCUT2D eigenvalue weighted by molar-refractivity contribution is -0.384. The number of benzene rings is 1. The van der Waals surface area contributed by atoms with Crippen LogP contribution in [0.15, 0.2) is 39.9 Å². The molecule has 0 spiro atoms. The van der Waals surface area contributed by atoms with Crippen molar-refractivity contribution in [2.75, 3.05) is 6.26 Å². The van der Waals surface area contributed by atoms with Crippen molar-refractivity contribution in [2.24, 2.45) is 10.9 Å². The molecule has 7 heteroatoms. The van der Waals surface area contributed by atoms with E-state index in [9.17, 15) is 20.2 Å². The van der Waals surface area contributed by atoms with Gasteiger partial charge in [-0.05, 0) is 25.7 Å². The fraction of sp³-hybridized carbons (Fsp3) is 0.312. The van der Waals surface area contributed by atoms with Gasteiger partial charge in [-0.15, -0.1) is 11.8 Å². The number of rotatable bonds is 4. The topological polar surface area (TPSA) is 96.4 Å². The second-order valence-electron chi connectivity index (χ2n) is 5.20. The van der Waals surface area contributed by atoms with Crippen LogP contribution in [-0.4, -0.2) is 22.7 Å². The van der Waals surface area contributed by atoms with Gasteiger partial charge in [0.15, 0.2) is 0 Å². The third kappa shape index (κ3) is 3.17. The summed E-state index contributed by atoms with van der Waals surface area (Å²) in [6.07, 6.45) is 1.82. The molecule has 23 heavy (non-hydrogen) atoms. The SMILES string of the molecule is CSC1=C(C#N)[C@H](c2ccc([N+](=O)[O-])cc2)C(C(C)=O)C(C)=N1. The molecule has 118 valence electrons. The number of ketones is 1. The van der Waals surface area contributed by atoms with Gasteiger partial charge in [-0.25, -0.2) is 4.99 Å². The molecule has 0 saturated carbocycles. The normalized spacial score (nSPS) is 20.7. The molecule has 1 unspecified atom stereocenters. The molecule has 0 radical (unpaired) electrons. The van der Waals surface area contributed by atoms with Gasteiger partial charge in [0.2, 0.25) is 0 Å². The minimum absolute atomic E-state index is 0.0260. The van der Waals surface area contributed by atoms with Crippen LogP contribution >= 0.6 is 11.8 Å². The molecule has 2 atom stereocenters. The first-order chi connectivity index (χ1) is 10.9. The number of thioether (sulfide) groups is 1. The highest BCUT2D eigenvalue weighted by atomic mass is 32.2. The fourth-order valence-electron chi connectivity index (χ4n) is 2.80. The molecule has 1 aliphatic heterocycles. The Bertz CT molecular complexity index is 760. The van der Waals surface area contributed by atoms with E-state index in [1.165, 1.54) is 30.8 Å². The molecule has 0 aliphatic carbocycles. The lowest BCUT2D eigenvalue weighted by atomic mass is 9.75. The van der Waals surface area contributed by atoms with Crippen LogP contribution in [0.25, 0.3) is 0 Å². The quantitative estimate of drug-likeness (QED) is 0.622. The number of hydrogen-bond acceptors (Lipinski definition) is 6. The molecule has 1 aliphatic rings. The van der Waals surface area contributed by atoms with Crippen LogP contribution in [-0.2, 0) is 4.79 Å². The standard InChI is InChI=1S/C16H15N3O3S/c1-9-14(10(2)20)15(13(8-17)16(18-9)23-3)11-4-6-12(7-5-11)19(21)22/h4-7,14-15H,1-3H3/t14?,15-/m0/s1. The Labute approximate surface area is 138 Å². The monoisotopic (exact) mass is 329 g/mol. The lowest BCUT2D eigenvalue weighted by Crippen LogP contribution is -2.31. The number of nitriles is 1. The molecule has 1 aromatic rings. The first-order valence-corrected chi connectivity index (χ1v) is 8.11. The number of Topliss-reactive ketones (excluding diaryl/α,β-unsaturated/α-hetero) is 1. The van der Waals surface area contributed by atoms with Crippen molar-refractivity contribution in [3.63, 3.8) is 0 Å². The molecule has 0 amide bonds. The largest absolute Gasteiger partial charge is 0.299 e. The van der Waals surface area contributed by atoms with Crippen molar-refractivity contribution in [3.05, 3.63) is 50.5 Å². The van der Waals surface area contributed by atoms with Gasteiger partial charge in [0, 0.05) is 23.8 Å². The summed E-state index contributed by atoms with van der Waals surface area (Å²) in [5, 5.41) is 20.9. The number of hydrogen-bond donors (Lipinski definition) is 0. The summed E-state index contributed by atoms with van der Waals surface area (Å²) in [4.78, 5) is 26.8. The van der Waals surface area contributed by atoms with Crippen molar-refractivity contribution in [2.45, 2.75) is 19.8 Å². The predicted octanol–water partition coefficient (Wildman–Crippen LogP) is 3.46. The Hall–Kier alpha value is -2.46. The van der Waals surface area contributed by atoms with Crippen molar-refractivity contribution >= 4 is 28.9 Å². The van der Waals surface area contributed by atoms with Gasteiger partial charge in [0.25, 0.3) is 5.69 Å². The van der Waals surface area contributed by atoms with E-state index < -0.39 is 16.8 Å². The maximum absolute atomic E-state index is 12.1. The molecule has 6 nitrogen and oxygen atoms in total. The van der Waals surface area contributed by atoms with Crippen LogP contribution < -0.4 is 0 Å². The molecule has 0 aromatic heterocycles. The van der Waals surface area contributed by atoms with E-state index in [1.54, 1.807) is 19.1 Å². The Morgan fingerprint density at radius 1 is 1.39 bits per heavy atom. The van der Waals surface area contributed by atoms with Crippen molar-refractivity contribution in [3.8, 4) is 6.07 Å². The molecule has 0 fully saturated rings. The fourth-order valence-corrected chi connectivity index (χ4v) is 3.42. The Morgan fingerprint density at radius 2 is 2.00 bits per heavy atom. The Kier molecular flexibility index (Phi) is 4.96. The predicted molar refractivity (Wildman–Crippen MR) is 89.3 cm³/mol. The van der Waals surface area contributed by atoms with Crippen molar-refractivity contribution < 1.29 is 9.72 Å². The summed E-state index contributed by atoms with van der Waals surface area (Å²) in [6.45, 7) is 3.25. The summed E-state index contributed by atoms with van der Waals surface area (Å²) in [5.41, 5.74) is 1.76. The van der Waals surface area contributed by atoms with E-state index >= 15 is 0 Å².